The van der Waals surface area contributed by atoms with Crippen molar-refractivity contribution in [3.63, 3.8) is 0 Å². The standard InChI is InChI=1S/C24H21F3N8O2/c1-13-11-34-20(9-30-22(34)10-28-13)18-12-35(33-32-18)19-6-15(8-29-14(19)2)23(36)31-16-4-5-21(37-3)17(7-16)24(25,26)27/h4-9,11-12,28H,10H2,1-3H3,(H,31,36). The van der Waals surface area contributed by atoms with Gasteiger partial charge in [-0.2, -0.15) is 13.2 Å². The van der Waals surface area contributed by atoms with E-state index in [1.54, 1.807) is 25.4 Å². The monoisotopic (exact) mass is 510 g/mol. The lowest BCUT2D eigenvalue weighted by molar-refractivity contribution is -0.138. The molecule has 0 atom stereocenters. The summed E-state index contributed by atoms with van der Waals surface area (Å²) in [5.74, 6) is -0.141. The second-order valence-corrected chi connectivity index (χ2v) is 8.34. The van der Waals surface area contributed by atoms with Crippen LogP contribution in [0.2, 0.25) is 0 Å². The topological polar surface area (TPSA) is 112 Å². The van der Waals surface area contributed by atoms with Crippen LogP contribution in [0.25, 0.3) is 23.3 Å². The number of amides is 1. The number of methoxy groups -OCH3 is 1. The molecule has 0 aliphatic carbocycles. The molecule has 5 rings (SSSR count). The maximum atomic E-state index is 13.3. The molecular formula is C24H21F3N8O2. The van der Waals surface area contributed by atoms with Gasteiger partial charge in [-0.15, -0.1) is 5.10 Å². The van der Waals surface area contributed by atoms with Crippen LogP contribution in [0.4, 0.5) is 18.9 Å². The summed E-state index contributed by atoms with van der Waals surface area (Å²) in [6.07, 6.45) is 2.02. The molecule has 0 saturated carbocycles. The number of hydrogen-bond acceptors (Lipinski definition) is 7. The van der Waals surface area contributed by atoms with Gasteiger partial charge in [-0.1, -0.05) is 5.21 Å². The molecule has 2 N–H and O–H groups in total. The van der Waals surface area contributed by atoms with E-state index >= 15 is 0 Å². The van der Waals surface area contributed by atoms with Gasteiger partial charge < -0.3 is 15.4 Å². The minimum Gasteiger partial charge on any atom is -0.496 e. The molecule has 1 aliphatic rings. The van der Waals surface area contributed by atoms with Crippen molar-refractivity contribution in [1.29, 1.82) is 0 Å². The van der Waals surface area contributed by atoms with Crippen molar-refractivity contribution < 1.29 is 22.7 Å². The SMILES string of the molecule is COc1ccc(NC(=O)c2cnc(C)c(-n3cc(-c4cnc5n4C=C(C)NC5)nn3)c2)cc1C(F)(F)F. The number of aryl methyl sites for hydroxylation is 1. The molecule has 0 bridgehead atoms. The first-order chi connectivity index (χ1) is 17.6. The molecule has 3 aromatic heterocycles. The van der Waals surface area contributed by atoms with Crippen molar-refractivity contribution in [3.05, 3.63) is 71.2 Å². The quantitative estimate of drug-likeness (QED) is 0.417. The number of nitrogens with one attached hydrogen (secondary N) is 2. The molecule has 10 nitrogen and oxygen atoms in total. The van der Waals surface area contributed by atoms with Gasteiger partial charge in [-0.3, -0.25) is 14.3 Å². The molecule has 13 heteroatoms. The van der Waals surface area contributed by atoms with E-state index in [-0.39, 0.29) is 17.0 Å². The Morgan fingerprint density at radius 3 is 2.73 bits per heavy atom. The number of benzene rings is 1. The van der Waals surface area contributed by atoms with Crippen LogP contribution in [0.5, 0.6) is 5.75 Å². The van der Waals surface area contributed by atoms with E-state index in [4.69, 9.17) is 4.74 Å². The van der Waals surface area contributed by atoms with Crippen molar-refractivity contribution in [2.24, 2.45) is 0 Å². The Hall–Kier alpha value is -4.68. The Labute approximate surface area is 208 Å². The fourth-order valence-electron chi connectivity index (χ4n) is 3.91. The molecule has 1 amide bonds. The summed E-state index contributed by atoms with van der Waals surface area (Å²) in [5, 5.41) is 14.2. The van der Waals surface area contributed by atoms with Crippen molar-refractivity contribution in [2.75, 3.05) is 12.4 Å². The van der Waals surface area contributed by atoms with Gasteiger partial charge in [0.2, 0.25) is 0 Å². The third-order valence-corrected chi connectivity index (χ3v) is 5.81. The molecule has 1 aromatic carbocycles. The lowest BCUT2D eigenvalue weighted by atomic mass is 10.1. The Bertz CT molecular complexity index is 1540. The maximum absolute atomic E-state index is 13.3. The zero-order valence-electron chi connectivity index (χ0n) is 20.0. The summed E-state index contributed by atoms with van der Waals surface area (Å²) in [7, 11) is 1.15. The first-order valence-electron chi connectivity index (χ1n) is 11.1. The molecule has 0 unspecified atom stereocenters. The van der Waals surface area contributed by atoms with Gasteiger partial charge in [0.1, 0.15) is 17.3 Å². The summed E-state index contributed by atoms with van der Waals surface area (Å²) in [6, 6.07) is 4.84. The van der Waals surface area contributed by atoms with Gasteiger partial charge in [-0.05, 0) is 38.1 Å². The fourth-order valence-corrected chi connectivity index (χ4v) is 3.91. The van der Waals surface area contributed by atoms with E-state index in [0.29, 0.717) is 23.6 Å². The number of allylic oxidation sites excluding steroid dienone is 1. The van der Waals surface area contributed by atoms with Crippen LogP contribution in [-0.4, -0.2) is 42.5 Å². The zero-order valence-corrected chi connectivity index (χ0v) is 20.0. The van der Waals surface area contributed by atoms with Gasteiger partial charge in [0.25, 0.3) is 5.91 Å². The molecular weight excluding hydrogens is 489 g/mol. The van der Waals surface area contributed by atoms with Gasteiger partial charge >= 0.3 is 6.18 Å². The molecule has 190 valence electrons. The highest BCUT2D eigenvalue weighted by Gasteiger charge is 2.34. The van der Waals surface area contributed by atoms with Crippen LogP contribution in [0, 0.1) is 6.92 Å². The Morgan fingerprint density at radius 2 is 1.97 bits per heavy atom. The van der Waals surface area contributed by atoms with Crippen LogP contribution in [0.1, 0.15) is 34.4 Å². The number of aromatic nitrogens is 6. The molecule has 0 saturated heterocycles. The summed E-state index contributed by atoms with van der Waals surface area (Å²) in [5.41, 5.74) is 2.47. The molecule has 4 heterocycles. The molecule has 0 spiro atoms. The van der Waals surface area contributed by atoms with E-state index in [0.717, 1.165) is 36.5 Å². The van der Waals surface area contributed by atoms with Crippen molar-refractivity contribution in [1.82, 2.24) is 34.8 Å². The number of alkyl halides is 3. The number of carbonyl (C=O) groups excluding carboxylic acids is 1. The van der Waals surface area contributed by atoms with Crippen molar-refractivity contribution in [3.8, 4) is 22.8 Å². The highest BCUT2D eigenvalue weighted by atomic mass is 19.4. The number of carbonyl (C=O) groups is 1. The summed E-state index contributed by atoms with van der Waals surface area (Å²) in [4.78, 5) is 21.6. The van der Waals surface area contributed by atoms with Gasteiger partial charge in [0.15, 0.2) is 0 Å². The number of nitrogens with zero attached hydrogens (tertiary/aromatic N) is 6. The van der Waals surface area contributed by atoms with Crippen LogP contribution >= 0.6 is 0 Å². The van der Waals surface area contributed by atoms with E-state index < -0.39 is 17.6 Å². The summed E-state index contributed by atoms with van der Waals surface area (Å²) < 4.78 is 48.2. The van der Waals surface area contributed by atoms with Crippen LogP contribution in [0.15, 0.2) is 48.6 Å². The second-order valence-electron chi connectivity index (χ2n) is 8.34. The van der Waals surface area contributed by atoms with Gasteiger partial charge in [0, 0.05) is 23.8 Å². The van der Waals surface area contributed by atoms with Gasteiger partial charge in [0.05, 0.1) is 54.3 Å². The number of ether oxygens (including phenoxy) is 1. The molecule has 4 aromatic rings. The lowest BCUT2D eigenvalue weighted by Crippen LogP contribution is -2.19. The van der Waals surface area contributed by atoms with E-state index in [1.807, 2.05) is 17.7 Å². The van der Waals surface area contributed by atoms with Crippen LogP contribution in [0.3, 0.4) is 0 Å². The largest absolute Gasteiger partial charge is 0.496 e. The average molecular weight is 510 g/mol. The van der Waals surface area contributed by atoms with Gasteiger partial charge in [-0.25, -0.2) is 9.67 Å². The van der Waals surface area contributed by atoms with E-state index in [2.05, 4.69) is 30.9 Å². The lowest BCUT2D eigenvalue weighted by Gasteiger charge is -2.15. The molecule has 1 aliphatic heterocycles. The van der Waals surface area contributed by atoms with E-state index in [1.165, 1.54) is 16.9 Å². The van der Waals surface area contributed by atoms with Crippen molar-refractivity contribution >= 4 is 17.8 Å². The summed E-state index contributed by atoms with van der Waals surface area (Å²) in [6.45, 7) is 4.29. The maximum Gasteiger partial charge on any atom is 0.420 e. The minimum atomic E-state index is -4.64. The predicted octanol–water partition coefficient (Wildman–Crippen LogP) is 4.04. The smallest absolute Gasteiger partial charge is 0.420 e. The highest BCUT2D eigenvalue weighted by molar-refractivity contribution is 6.04. The second kappa shape index (κ2) is 9.08. The van der Waals surface area contributed by atoms with E-state index in [9.17, 15) is 18.0 Å². The minimum absolute atomic E-state index is 0.0355. The number of hydrogen-bond donors (Lipinski definition) is 2. The molecule has 37 heavy (non-hydrogen) atoms. The number of anilines is 1. The Balaban J connectivity index is 1.42. The Morgan fingerprint density at radius 1 is 1.16 bits per heavy atom. The van der Waals surface area contributed by atoms with Crippen molar-refractivity contribution in [2.45, 2.75) is 26.6 Å². The summed E-state index contributed by atoms with van der Waals surface area (Å²) >= 11 is 0. The Kier molecular flexibility index (Phi) is 5.90. The third-order valence-electron chi connectivity index (χ3n) is 5.81. The first-order valence-corrected chi connectivity index (χ1v) is 11.1. The number of imidazole rings is 1. The third kappa shape index (κ3) is 4.62. The molecule has 0 fully saturated rings. The normalized spacial score (nSPS) is 13.0. The average Bonchev–Trinajstić information content (AvgIpc) is 3.50. The number of rotatable bonds is 5. The number of halogens is 3. The van der Waals surface area contributed by atoms with Crippen LogP contribution in [-0.2, 0) is 12.7 Å². The zero-order chi connectivity index (χ0) is 26.3. The predicted molar refractivity (Wildman–Crippen MR) is 128 cm³/mol. The fraction of sp³-hybridized carbons (Fsp3) is 0.208. The molecule has 0 radical (unpaired) electrons. The highest BCUT2D eigenvalue weighted by Crippen LogP contribution is 2.37. The first kappa shape index (κ1) is 24.0. The number of fused-ring (bicyclic) bond motifs is 1. The van der Waals surface area contributed by atoms with Crippen LogP contribution < -0.4 is 15.4 Å². The number of pyridine rings is 1.